The summed E-state index contributed by atoms with van der Waals surface area (Å²) in [5, 5.41) is 18.5. The number of phenolic OH excluding ortho intramolecular Hbond substituents is 1. The highest BCUT2D eigenvalue weighted by Crippen LogP contribution is 2.36. The first kappa shape index (κ1) is 24.0. The Bertz CT molecular complexity index is 1170. The first-order chi connectivity index (χ1) is 15.7. The van der Waals surface area contributed by atoms with Crippen LogP contribution in [0.3, 0.4) is 0 Å². The fraction of sp³-hybridized carbons (Fsp3) is 0.167. The van der Waals surface area contributed by atoms with E-state index in [-0.39, 0.29) is 41.1 Å². The van der Waals surface area contributed by atoms with Gasteiger partial charge in [0.15, 0.2) is 5.78 Å². The number of nitriles is 1. The van der Waals surface area contributed by atoms with Crippen LogP contribution in [0.25, 0.3) is 0 Å². The van der Waals surface area contributed by atoms with E-state index in [0.29, 0.717) is 11.3 Å². The minimum atomic E-state index is -4.51. The highest BCUT2D eigenvalue weighted by molar-refractivity contribution is 6.32. The van der Waals surface area contributed by atoms with E-state index in [1.807, 2.05) is 6.07 Å². The molecule has 0 heterocycles. The zero-order valence-electron chi connectivity index (χ0n) is 17.0. The number of Topliss-reactive ketones (excluding diaryl/α,β-unsaturated/α-hetero) is 1. The Morgan fingerprint density at radius 3 is 2.39 bits per heavy atom. The maximum atomic E-state index is 12.8. The van der Waals surface area contributed by atoms with Crippen molar-refractivity contribution in [3.05, 3.63) is 82.9 Å². The van der Waals surface area contributed by atoms with Gasteiger partial charge in [0.25, 0.3) is 0 Å². The maximum Gasteiger partial charge on any atom is 0.416 e. The Kier molecular flexibility index (Phi) is 7.46. The number of hydrogen-bond donors (Lipinski definition) is 1. The van der Waals surface area contributed by atoms with E-state index in [2.05, 4.69) is 0 Å². The normalized spacial score (nSPS) is 12.0. The number of nitrogens with zero attached hydrogens (tertiary/aromatic N) is 1. The first-order valence-electron chi connectivity index (χ1n) is 9.66. The van der Waals surface area contributed by atoms with Crippen molar-refractivity contribution in [2.45, 2.75) is 18.5 Å². The smallest absolute Gasteiger partial charge is 0.416 e. The summed E-state index contributed by atoms with van der Waals surface area (Å²) in [4.78, 5) is 12.4. The monoisotopic (exact) mass is 475 g/mol. The molecule has 0 aromatic heterocycles. The SMILES string of the molecule is N#CC(C(=O)CCOc1cccc(Oc2ccc(C(F)(F)F)cc2Cl)c1)c1ccc(O)cc1. The average Bonchev–Trinajstić information content (AvgIpc) is 2.76. The van der Waals surface area contributed by atoms with Crippen molar-refractivity contribution in [2.75, 3.05) is 6.61 Å². The third-order valence-electron chi connectivity index (χ3n) is 4.59. The maximum absolute atomic E-state index is 12.8. The van der Waals surface area contributed by atoms with Gasteiger partial charge in [0.1, 0.15) is 28.9 Å². The van der Waals surface area contributed by atoms with Crippen molar-refractivity contribution in [3.63, 3.8) is 0 Å². The second-order valence-electron chi connectivity index (χ2n) is 6.94. The number of phenols is 1. The Labute approximate surface area is 192 Å². The number of ether oxygens (including phenoxy) is 2. The molecule has 1 N–H and O–H groups in total. The van der Waals surface area contributed by atoms with Crippen molar-refractivity contribution in [2.24, 2.45) is 0 Å². The number of carbonyl (C=O) groups is 1. The molecule has 0 radical (unpaired) electrons. The molecule has 0 aliphatic rings. The zero-order chi connectivity index (χ0) is 24.0. The topological polar surface area (TPSA) is 79.6 Å². The molecule has 1 atom stereocenters. The second-order valence-corrected chi connectivity index (χ2v) is 7.35. The standard InChI is InChI=1S/C24H17ClF3NO4/c25-21-12-16(24(26,27)28)6-9-23(21)33-19-3-1-2-18(13-19)32-11-10-22(31)20(14-29)15-4-7-17(30)8-5-15/h1-9,12-13,20,30H,10-11H2. The van der Waals surface area contributed by atoms with E-state index in [4.69, 9.17) is 21.1 Å². The van der Waals surface area contributed by atoms with Gasteiger partial charge in [0.2, 0.25) is 0 Å². The lowest BCUT2D eigenvalue weighted by Crippen LogP contribution is -2.14. The fourth-order valence-electron chi connectivity index (χ4n) is 2.93. The van der Waals surface area contributed by atoms with Gasteiger partial charge in [-0.1, -0.05) is 29.8 Å². The molecule has 3 aromatic rings. The van der Waals surface area contributed by atoms with Crippen molar-refractivity contribution in [3.8, 4) is 29.1 Å². The number of alkyl halides is 3. The van der Waals surface area contributed by atoms with Gasteiger partial charge >= 0.3 is 6.18 Å². The molecule has 0 aliphatic carbocycles. The number of ketones is 1. The van der Waals surface area contributed by atoms with Gasteiger partial charge < -0.3 is 14.6 Å². The third kappa shape index (κ3) is 6.40. The molecule has 9 heteroatoms. The Morgan fingerprint density at radius 2 is 1.76 bits per heavy atom. The summed E-state index contributed by atoms with van der Waals surface area (Å²) in [5.74, 6) is -0.604. The van der Waals surface area contributed by atoms with Crippen LogP contribution in [0.2, 0.25) is 5.02 Å². The van der Waals surface area contributed by atoms with E-state index in [1.165, 1.54) is 30.3 Å². The summed E-state index contributed by atoms with van der Waals surface area (Å²) in [7, 11) is 0. The number of rotatable bonds is 8. The van der Waals surface area contributed by atoms with Crippen molar-refractivity contribution >= 4 is 17.4 Å². The minimum absolute atomic E-state index is 0.000411. The molecule has 0 bridgehead atoms. The molecule has 3 aromatic carbocycles. The highest BCUT2D eigenvalue weighted by Gasteiger charge is 2.31. The molecule has 3 rings (SSSR count). The number of carbonyl (C=O) groups excluding carboxylic acids is 1. The van der Waals surface area contributed by atoms with Gasteiger partial charge in [0, 0.05) is 12.5 Å². The summed E-state index contributed by atoms with van der Waals surface area (Å²) in [6.07, 6.45) is -4.55. The van der Waals surface area contributed by atoms with Crippen LogP contribution in [-0.4, -0.2) is 17.5 Å². The van der Waals surface area contributed by atoms with Crippen LogP contribution in [0.5, 0.6) is 23.0 Å². The summed E-state index contributed by atoms with van der Waals surface area (Å²) in [6.45, 7) is -0.000411. The first-order valence-corrected chi connectivity index (χ1v) is 10.0. The van der Waals surface area contributed by atoms with Crippen molar-refractivity contribution in [1.82, 2.24) is 0 Å². The summed E-state index contributed by atoms with van der Waals surface area (Å²) in [6, 6.07) is 16.8. The molecule has 0 spiro atoms. The van der Waals surface area contributed by atoms with E-state index in [0.717, 1.165) is 18.2 Å². The second kappa shape index (κ2) is 10.3. The molecule has 0 saturated carbocycles. The highest BCUT2D eigenvalue weighted by atomic mass is 35.5. The van der Waals surface area contributed by atoms with Crippen LogP contribution < -0.4 is 9.47 Å². The van der Waals surface area contributed by atoms with Crippen molar-refractivity contribution < 1.29 is 32.5 Å². The lowest BCUT2D eigenvalue weighted by molar-refractivity contribution is -0.137. The molecule has 0 fully saturated rings. The summed E-state index contributed by atoms with van der Waals surface area (Å²) in [5.41, 5.74) is -0.409. The van der Waals surface area contributed by atoms with Gasteiger partial charge in [-0.2, -0.15) is 18.4 Å². The average molecular weight is 476 g/mol. The Balaban J connectivity index is 1.60. The zero-order valence-corrected chi connectivity index (χ0v) is 17.7. The molecule has 170 valence electrons. The van der Waals surface area contributed by atoms with Crippen LogP contribution >= 0.6 is 11.6 Å². The van der Waals surface area contributed by atoms with Gasteiger partial charge in [-0.25, -0.2) is 0 Å². The van der Waals surface area contributed by atoms with Crippen LogP contribution in [0.15, 0.2) is 66.7 Å². The molecule has 5 nitrogen and oxygen atoms in total. The number of benzene rings is 3. The van der Waals surface area contributed by atoms with E-state index < -0.39 is 17.7 Å². The number of hydrogen-bond acceptors (Lipinski definition) is 5. The molecule has 0 amide bonds. The van der Waals surface area contributed by atoms with Crippen LogP contribution in [0, 0.1) is 11.3 Å². The Hall–Kier alpha value is -3.70. The quantitative estimate of drug-likeness (QED) is 0.402. The predicted octanol–water partition coefficient (Wildman–Crippen LogP) is 6.50. The van der Waals surface area contributed by atoms with E-state index >= 15 is 0 Å². The molecule has 0 saturated heterocycles. The van der Waals surface area contributed by atoms with Gasteiger partial charge in [-0.05, 0) is 48.0 Å². The molecule has 0 aliphatic heterocycles. The van der Waals surface area contributed by atoms with Crippen LogP contribution in [0.4, 0.5) is 13.2 Å². The van der Waals surface area contributed by atoms with Gasteiger partial charge in [-0.15, -0.1) is 0 Å². The van der Waals surface area contributed by atoms with E-state index in [1.54, 1.807) is 18.2 Å². The van der Waals surface area contributed by atoms with E-state index in [9.17, 15) is 28.3 Å². The lowest BCUT2D eigenvalue weighted by Gasteiger charge is -2.13. The van der Waals surface area contributed by atoms with Gasteiger partial charge in [0.05, 0.1) is 23.3 Å². The number of halogens is 4. The lowest BCUT2D eigenvalue weighted by atomic mass is 9.94. The molecular formula is C24H17ClF3NO4. The van der Waals surface area contributed by atoms with Crippen molar-refractivity contribution in [1.29, 1.82) is 5.26 Å². The summed E-state index contributed by atoms with van der Waals surface area (Å²) >= 11 is 5.91. The van der Waals surface area contributed by atoms with Gasteiger partial charge in [-0.3, -0.25) is 4.79 Å². The third-order valence-corrected chi connectivity index (χ3v) is 4.88. The predicted molar refractivity (Wildman–Crippen MR) is 115 cm³/mol. The molecule has 1 unspecified atom stereocenters. The van der Waals surface area contributed by atoms with Crippen LogP contribution in [-0.2, 0) is 11.0 Å². The summed E-state index contributed by atoms with van der Waals surface area (Å²) < 4.78 is 49.4. The molecule has 33 heavy (non-hydrogen) atoms. The minimum Gasteiger partial charge on any atom is -0.508 e. The molecular weight excluding hydrogens is 459 g/mol. The number of aromatic hydroxyl groups is 1. The Morgan fingerprint density at radius 1 is 1.06 bits per heavy atom. The fourth-order valence-corrected chi connectivity index (χ4v) is 3.15. The van der Waals surface area contributed by atoms with Crippen LogP contribution in [0.1, 0.15) is 23.5 Å². The largest absolute Gasteiger partial charge is 0.508 e.